The van der Waals surface area contributed by atoms with Gasteiger partial charge < -0.3 is 15.4 Å². The zero-order valence-electron chi connectivity index (χ0n) is 17.2. The van der Waals surface area contributed by atoms with Crippen molar-refractivity contribution < 1.29 is 9.53 Å². The highest BCUT2D eigenvalue weighted by molar-refractivity contribution is 6.31. The summed E-state index contributed by atoms with van der Waals surface area (Å²) in [6.45, 7) is 1.83. The fourth-order valence-electron chi connectivity index (χ4n) is 4.06. The third kappa shape index (κ3) is 4.44. The van der Waals surface area contributed by atoms with Crippen LogP contribution in [-0.2, 0) is 6.61 Å². The number of rotatable bonds is 6. The number of aromatic amines is 1. The first kappa shape index (κ1) is 20.5. The van der Waals surface area contributed by atoms with Gasteiger partial charge in [-0.3, -0.25) is 9.89 Å². The van der Waals surface area contributed by atoms with Gasteiger partial charge in [0.05, 0.1) is 12.4 Å². The summed E-state index contributed by atoms with van der Waals surface area (Å²) in [5, 5.41) is 14.7. The molecule has 2 aromatic carbocycles. The Morgan fingerprint density at radius 1 is 1.12 bits per heavy atom. The van der Waals surface area contributed by atoms with E-state index in [1.807, 2.05) is 30.3 Å². The first-order valence-electron chi connectivity index (χ1n) is 10.4. The van der Waals surface area contributed by atoms with Crippen molar-refractivity contribution in [3.8, 4) is 5.75 Å². The molecule has 1 saturated heterocycles. The maximum Gasteiger partial charge on any atom is 0.251 e. The Balaban J connectivity index is 1.28. The zero-order chi connectivity index (χ0) is 21.9. The van der Waals surface area contributed by atoms with Crippen molar-refractivity contribution in [3.63, 3.8) is 0 Å². The molecule has 7 nitrogen and oxygen atoms in total. The molecule has 2 atom stereocenters. The van der Waals surface area contributed by atoms with Crippen LogP contribution in [0.1, 0.15) is 27.4 Å². The number of halogens is 1. The average molecular weight is 448 g/mol. The molecule has 3 heterocycles. The Bertz CT molecular complexity index is 1240. The molecule has 2 unspecified atom stereocenters. The van der Waals surface area contributed by atoms with Gasteiger partial charge in [0.1, 0.15) is 12.4 Å². The molecule has 4 aromatic rings. The van der Waals surface area contributed by atoms with Crippen molar-refractivity contribution in [3.05, 3.63) is 88.7 Å². The number of hydrogen-bond acceptors (Lipinski definition) is 5. The molecule has 1 aliphatic heterocycles. The van der Waals surface area contributed by atoms with E-state index in [0.717, 1.165) is 24.0 Å². The monoisotopic (exact) mass is 447 g/mol. The zero-order valence-corrected chi connectivity index (χ0v) is 18.0. The van der Waals surface area contributed by atoms with Gasteiger partial charge in [0, 0.05) is 41.0 Å². The van der Waals surface area contributed by atoms with Crippen LogP contribution >= 0.6 is 11.6 Å². The van der Waals surface area contributed by atoms with Crippen LogP contribution in [0.3, 0.4) is 0 Å². The third-order valence-electron chi connectivity index (χ3n) is 5.65. The lowest BCUT2D eigenvalue weighted by Crippen LogP contribution is -2.39. The summed E-state index contributed by atoms with van der Waals surface area (Å²) in [5.74, 6) is 0.699. The Morgan fingerprint density at radius 2 is 2.00 bits per heavy atom. The lowest BCUT2D eigenvalue weighted by Gasteiger charge is -2.20. The van der Waals surface area contributed by atoms with Crippen molar-refractivity contribution in [2.75, 3.05) is 13.1 Å². The number of ether oxygens (including phenoxy) is 1. The fraction of sp³-hybridized carbons (Fsp3) is 0.208. The molecule has 1 fully saturated rings. The maximum atomic E-state index is 13.0. The highest BCUT2D eigenvalue weighted by Crippen LogP contribution is 2.24. The molecule has 0 saturated carbocycles. The van der Waals surface area contributed by atoms with Crippen LogP contribution in [-0.4, -0.2) is 40.2 Å². The lowest BCUT2D eigenvalue weighted by atomic mass is 9.94. The van der Waals surface area contributed by atoms with Crippen LogP contribution in [0.25, 0.3) is 11.0 Å². The van der Waals surface area contributed by atoms with E-state index in [2.05, 4.69) is 37.9 Å². The molecule has 0 aliphatic carbocycles. The van der Waals surface area contributed by atoms with Crippen molar-refractivity contribution in [2.45, 2.75) is 18.6 Å². The topological polar surface area (TPSA) is 91.9 Å². The van der Waals surface area contributed by atoms with Gasteiger partial charge in [0.15, 0.2) is 5.65 Å². The van der Waals surface area contributed by atoms with Crippen molar-refractivity contribution >= 4 is 28.5 Å². The highest BCUT2D eigenvalue weighted by atomic mass is 35.5. The summed E-state index contributed by atoms with van der Waals surface area (Å²) < 4.78 is 5.86. The van der Waals surface area contributed by atoms with Gasteiger partial charge in [-0.05, 0) is 35.4 Å². The van der Waals surface area contributed by atoms with E-state index in [4.69, 9.17) is 16.3 Å². The molecule has 3 N–H and O–H groups in total. The number of nitrogens with zero attached hydrogens (tertiary/aromatic N) is 2. The van der Waals surface area contributed by atoms with E-state index < -0.39 is 0 Å². The fourth-order valence-corrected chi connectivity index (χ4v) is 4.32. The molecular formula is C24H22ClN5O2. The lowest BCUT2D eigenvalue weighted by molar-refractivity contribution is 0.0937. The van der Waals surface area contributed by atoms with Gasteiger partial charge in [0.25, 0.3) is 5.91 Å². The SMILES string of the molecule is O=C(NC1CNCC1c1ccccc1)c1cc(Cl)cc(COc2cnc3[nH]ncc3c2)c1. The van der Waals surface area contributed by atoms with Gasteiger partial charge in [-0.2, -0.15) is 5.10 Å². The van der Waals surface area contributed by atoms with Crippen LogP contribution in [0, 0.1) is 0 Å². The van der Waals surface area contributed by atoms with E-state index in [0.29, 0.717) is 22.0 Å². The standard InChI is InChI=1S/C24H22ClN5O2/c25-19-7-15(14-32-20-9-18-10-28-30-23(18)27-11-20)6-17(8-19)24(31)29-22-13-26-12-21(22)16-4-2-1-3-5-16/h1-11,21-22,26H,12-14H2,(H,29,31)(H,27,28,30). The Kier molecular flexibility index (Phi) is 5.75. The van der Waals surface area contributed by atoms with Crippen molar-refractivity contribution in [1.82, 2.24) is 25.8 Å². The number of benzene rings is 2. The Labute approximate surface area is 190 Å². The van der Waals surface area contributed by atoms with Crippen LogP contribution in [0.2, 0.25) is 5.02 Å². The first-order chi connectivity index (χ1) is 15.7. The number of H-pyrrole nitrogens is 1. The minimum atomic E-state index is -0.148. The molecule has 0 radical (unpaired) electrons. The molecule has 32 heavy (non-hydrogen) atoms. The van der Waals surface area contributed by atoms with Crippen LogP contribution in [0.4, 0.5) is 0 Å². The van der Waals surface area contributed by atoms with Gasteiger partial charge in [-0.25, -0.2) is 4.98 Å². The molecule has 0 spiro atoms. The number of fused-ring (bicyclic) bond motifs is 1. The maximum absolute atomic E-state index is 13.0. The number of carbonyl (C=O) groups excluding carboxylic acids is 1. The second kappa shape index (κ2) is 8.98. The average Bonchev–Trinajstić information content (AvgIpc) is 3.47. The number of pyridine rings is 1. The van der Waals surface area contributed by atoms with Crippen LogP contribution < -0.4 is 15.4 Å². The summed E-state index contributed by atoms with van der Waals surface area (Å²) in [7, 11) is 0. The van der Waals surface area contributed by atoms with Gasteiger partial charge >= 0.3 is 0 Å². The smallest absolute Gasteiger partial charge is 0.251 e. The molecular weight excluding hydrogens is 426 g/mol. The predicted molar refractivity (Wildman–Crippen MR) is 123 cm³/mol. The highest BCUT2D eigenvalue weighted by Gasteiger charge is 2.29. The molecule has 1 amide bonds. The molecule has 2 aromatic heterocycles. The quantitative estimate of drug-likeness (QED) is 0.419. The molecule has 1 aliphatic rings. The number of hydrogen-bond donors (Lipinski definition) is 3. The second-order valence-electron chi connectivity index (χ2n) is 7.87. The predicted octanol–water partition coefficient (Wildman–Crippen LogP) is 3.68. The van der Waals surface area contributed by atoms with E-state index in [1.54, 1.807) is 24.5 Å². The molecule has 8 heteroatoms. The van der Waals surface area contributed by atoms with Gasteiger partial charge in [-0.15, -0.1) is 0 Å². The molecule has 5 rings (SSSR count). The molecule has 162 valence electrons. The van der Waals surface area contributed by atoms with E-state index in [-0.39, 0.29) is 24.5 Å². The van der Waals surface area contributed by atoms with E-state index >= 15 is 0 Å². The van der Waals surface area contributed by atoms with Gasteiger partial charge in [-0.1, -0.05) is 41.9 Å². The summed E-state index contributed by atoms with van der Waals surface area (Å²) in [4.78, 5) is 17.3. The number of amides is 1. The second-order valence-corrected chi connectivity index (χ2v) is 8.31. The van der Waals surface area contributed by atoms with Crippen LogP contribution in [0.15, 0.2) is 67.0 Å². The number of carbonyl (C=O) groups is 1. The van der Waals surface area contributed by atoms with E-state index in [9.17, 15) is 4.79 Å². The number of aromatic nitrogens is 3. The van der Waals surface area contributed by atoms with Gasteiger partial charge in [0.2, 0.25) is 0 Å². The van der Waals surface area contributed by atoms with Crippen LogP contribution in [0.5, 0.6) is 5.75 Å². The molecule has 0 bridgehead atoms. The third-order valence-corrected chi connectivity index (χ3v) is 5.87. The minimum Gasteiger partial charge on any atom is -0.487 e. The van der Waals surface area contributed by atoms with Crippen molar-refractivity contribution in [2.24, 2.45) is 0 Å². The minimum absolute atomic E-state index is 0.0105. The normalized spacial score (nSPS) is 18.0. The largest absolute Gasteiger partial charge is 0.487 e. The number of nitrogens with one attached hydrogen (secondary N) is 3. The summed E-state index contributed by atoms with van der Waals surface area (Å²) in [5.41, 5.74) is 3.23. The Morgan fingerprint density at radius 3 is 2.88 bits per heavy atom. The van der Waals surface area contributed by atoms with E-state index in [1.165, 1.54) is 5.56 Å². The van der Waals surface area contributed by atoms with Crippen molar-refractivity contribution in [1.29, 1.82) is 0 Å². The summed E-state index contributed by atoms with van der Waals surface area (Å²) in [6.07, 6.45) is 3.33. The first-order valence-corrected chi connectivity index (χ1v) is 10.8. The summed E-state index contributed by atoms with van der Waals surface area (Å²) in [6, 6.07) is 17.4. The summed E-state index contributed by atoms with van der Waals surface area (Å²) >= 11 is 6.31. The Hall–Kier alpha value is -3.42.